The fourth-order valence-corrected chi connectivity index (χ4v) is 0.313. The molecule has 0 spiro atoms. The summed E-state index contributed by atoms with van der Waals surface area (Å²) in [6.45, 7) is 7.06. The van der Waals surface area contributed by atoms with Gasteiger partial charge in [0.2, 0.25) is 0 Å². The van der Waals surface area contributed by atoms with Gasteiger partial charge in [-0.2, -0.15) is 0 Å². The first kappa shape index (κ1) is 19.8. The minimum Gasteiger partial charge on any atom is -0.300 e. The molecule has 0 aliphatic heterocycles. The van der Waals surface area contributed by atoms with E-state index in [9.17, 15) is 4.79 Å². The fraction of sp³-hybridized carbons (Fsp3) is 0.400. The van der Waals surface area contributed by atoms with E-state index in [0.29, 0.717) is 0 Å². The van der Waals surface area contributed by atoms with Gasteiger partial charge in [-0.3, -0.25) is 4.98 Å². The number of hydrogen-bond acceptors (Lipinski definition) is 2. The van der Waals surface area contributed by atoms with Gasteiger partial charge in [-0.1, -0.05) is 19.9 Å². The van der Waals surface area contributed by atoms with Crippen LogP contribution in [0.25, 0.3) is 0 Å². The number of Topliss-reactive ketones (excluding diaryl/α,β-unsaturated/α-hetero) is 1. The van der Waals surface area contributed by atoms with Gasteiger partial charge in [-0.05, 0) is 26.0 Å². The smallest absolute Gasteiger partial charge is 0.126 e. The quantitative estimate of drug-likeness (QED) is 0.579. The zero-order valence-corrected chi connectivity index (χ0v) is 13.3. The van der Waals surface area contributed by atoms with Gasteiger partial charge in [0.05, 0.1) is 0 Å². The number of carbonyl (C=O) groups is 1. The van der Waals surface area contributed by atoms with Crippen molar-refractivity contribution in [3.63, 3.8) is 0 Å². The van der Waals surface area contributed by atoms with E-state index in [4.69, 9.17) is 0 Å². The van der Waals surface area contributed by atoms with Crippen molar-refractivity contribution < 1.29 is 4.79 Å². The Hall–Kier alpha value is 0.280. The Morgan fingerprint density at radius 2 is 1.29 bits per heavy atom. The van der Waals surface area contributed by atoms with Crippen molar-refractivity contribution in [2.75, 3.05) is 0 Å². The molecular formula is C10H17I2NO. The van der Waals surface area contributed by atoms with Gasteiger partial charge < -0.3 is 4.79 Å². The van der Waals surface area contributed by atoms with Crippen molar-refractivity contribution >= 4 is 43.0 Å². The minimum absolute atomic E-state index is 0.167. The van der Waals surface area contributed by atoms with Crippen LogP contribution in [0.3, 0.4) is 0 Å². The molecule has 1 aromatic rings. The Morgan fingerprint density at radius 3 is 1.36 bits per heavy atom. The molecule has 0 fully saturated rings. The molecule has 1 aromatic heterocycles. The van der Waals surface area contributed by atoms with Gasteiger partial charge in [0.1, 0.15) is 5.78 Å². The molecule has 0 radical (unpaired) electrons. The molecule has 0 aromatic carbocycles. The number of hydrogen-bond donors (Lipinski definition) is 0. The van der Waals surface area contributed by atoms with E-state index in [-0.39, 0.29) is 5.78 Å². The summed E-state index contributed by atoms with van der Waals surface area (Å²) < 4.78 is 0. The van der Waals surface area contributed by atoms with Crippen molar-refractivity contribution in [2.24, 2.45) is 0 Å². The summed E-state index contributed by atoms with van der Waals surface area (Å²) in [5.74, 6) is 0.167. The number of halogens is 2. The number of ketones is 1. The Balaban J connectivity index is -0.000000134. The lowest BCUT2D eigenvalue weighted by Gasteiger charge is -1.70. The van der Waals surface area contributed by atoms with E-state index in [0.717, 1.165) is 0 Å². The molecule has 0 saturated heterocycles. The van der Waals surface area contributed by atoms with Crippen molar-refractivity contribution in [1.82, 2.24) is 4.98 Å². The summed E-state index contributed by atoms with van der Waals surface area (Å²) in [7, 11) is 0. The number of aromatic nitrogens is 1. The van der Waals surface area contributed by atoms with E-state index >= 15 is 0 Å². The Labute approximate surface area is 110 Å². The van der Waals surface area contributed by atoms with Gasteiger partial charge in [0.25, 0.3) is 0 Å². The first-order valence-electron chi connectivity index (χ1n) is 4.20. The van der Waals surface area contributed by atoms with Crippen molar-refractivity contribution in [3.05, 3.63) is 30.6 Å². The van der Waals surface area contributed by atoms with Gasteiger partial charge in [0.15, 0.2) is 0 Å². The maximum absolute atomic E-state index is 9.44. The van der Waals surface area contributed by atoms with E-state index in [1.54, 1.807) is 12.4 Å². The lowest BCUT2D eigenvalue weighted by molar-refractivity contribution is -0.114. The molecule has 1 heterocycles. The van der Waals surface area contributed by atoms with Gasteiger partial charge in [-0.25, -0.2) is 0 Å². The molecule has 0 atom stereocenters. The van der Waals surface area contributed by atoms with E-state index in [1.165, 1.54) is 13.8 Å². The molecule has 0 aliphatic rings. The lowest BCUT2D eigenvalue weighted by atomic mass is 10.5. The summed E-state index contributed by atoms with van der Waals surface area (Å²) in [4.78, 5) is 13.2. The monoisotopic (exact) mass is 421 g/mol. The summed E-state index contributed by atoms with van der Waals surface area (Å²) in [5.41, 5.74) is 0. The highest BCUT2D eigenvalue weighted by molar-refractivity contribution is 15.0. The predicted octanol–water partition coefficient (Wildman–Crippen LogP) is 4.47. The summed E-state index contributed by atoms with van der Waals surface area (Å²) in [6.07, 6.45) is 3.50. The summed E-state index contributed by atoms with van der Waals surface area (Å²) in [6, 6.07) is 5.72. The van der Waals surface area contributed by atoms with Crippen LogP contribution in [-0.2, 0) is 4.79 Å². The standard InChI is InChI=1S/C5H5N.C3H6O.C2H6.I2/c1-2-4-6-5-3-1;1-3(2)4;2*1-2/h1-5H;1-2H3;1-2H3;. The maximum atomic E-state index is 9.44. The van der Waals surface area contributed by atoms with E-state index in [1.807, 2.05) is 32.0 Å². The van der Waals surface area contributed by atoms with Crippen LogP contribution in [0.5, 0.6) is 0 Å². The average molecular weight is 421 g/mol. The number of nitrogens with zero attached hydrogens (tertiary/aromatic N) is 1. The van der Waals surface area contributed by atoms with Crippen LogP contribution < -0.4 is 0 Å². The average Bonchev–Trinajstić information content (AvgIpc) is 2.25. The molecule has 14 heavy (non-hydrogen) atoms. The molecule has 82 valence electrons. The second kappa shape index (κ2) is 23.3. The van der Waals surface area contributed by atoms with Crippen molar-refractivity contribution in [3.8, 4) is 0 Å². The van der Waals surface area contributed by atoms with Crippen LogP contribution in [0.15, 0.2) is 30.6 Å². The third-order valence-corrected chi connectivity index (χ3v) is 0.566. The number of rotatable bonds is 0. The normalized spacial score (nSPS) is 6.14. The molecule has 1 rings (SSSR count). The van der Waals surface area contributed by atoms with Crippen LogP contribution in [0.4, 0.5) is 0 Å². The topological polar surface area (TPSA) is 30.0 Å². The van der Waals surface area contributed by atoms with E-state index in [2.05, 4.69) is 42.2 Å². The zero-order chi connectivity index (χ0) is 11.8. The van der Waals surface area contributed by atoms with Crippen LogP contribution in [0.1, 0.15) is 27.7 Å². The second-order valence-corrected chi connectivity index (χ2v) is 1.93. The SMILES string of the molecule is CC.CC(C)=O.II.c1ccncc1. The third kappa shape index (κ3) is 39.6. The van der Waals surface area contributed by atoms with Gasteiger partial charge in [-0.15, -0.1) is 0 Å². The molecule has 0 aliphatic carbocycles. The Kier molecular flexibility index (Phi) is 32.9. The minimum atomic E-state index is 0.167. The molecule has 4 heteroatoms. The molecule has 0 bridgehead atoms. The molecule has 0 amide bonds. The van der Waals surface area contributed by atoms with Crippen molar-refractivity contribution in [1.29, 1.82) is 0 Å². The maximum Gasteiger partial charge on any atom is 0.126 e. The lowest BCUT2D eigenvalue weighted by Crippen LogP contribution is -1.69. The zero-order valence-electron chi connectivity index (χ0n) is 9.00. The molecule has 0 unspecified atom stereocenters. The molecule has 0 saturated carbocycles. The number of carbonyl (C=O) groups excluding carboxylic acids is 1. The molecule has 0 N–H and O–H groups in total. The van der Waals surface area contributed by atoms with Crippen LogP contribution >= 0.6 is 37.2 Å². The first-order valence-corrected chi connectivity index (χ1v) is 10.5. The Bertz CT molecular complexity index is 150. The first-order chi connectivity index (χ1) is 6.73. The highest BCUT2D eigenvalue weighted by atomic mass is 128. The third-order valence-electron chi connectivity index (χ3n) is 0.566. The van der Waals surface area contributed by atoms with Gasteiger partial charge in [0, 0.05) is 49.6 Å². The van der Waals surface area contributed by atoms with E-state index < -0.39 is 0 Å². The molecular weight excluding hydrogens is 404 g/mol. The molecule has 2 nitrogen and oxygen atoms in total. The number of pyridine rings is 1. The Morgan fingerprint density at radius 1 is 1.00 bits per heavy atom. The summed E-state index contributed by atoms with van der Waals surface area (Å²) >= 11 is 4.24. The fourth-order valence-electron chi connectivity index (χ4n) is 0.313. The van der Waals surface area contributed by atoms with Crippen LogP contribution in [-0.4, -0.2) is 10.8 Å². The highest BCUT2D eigenvalue weighted by Crippen LogP contribution is 1.89. The predicted molar refractivity (Wildman–Crippen MR) is 80.0 cm³/mol. The summed E-state index contributed by atoms with van der Waals surface area (Å²) in [5, 5.41) is 0. The highest BCUT2D eigenvalue weighted by Gasteiger charge is 1.62. The van der Waals surface area contributed by atoms with Crippen LogP contribution in [0, 0.1) is 0 Å². The van der Waals surface area contributed by atoms with Gasteiger partial charge >= 0.3 is 0 Å². The van der Waals surface area contributed by atoms with Crippen molar-refractivity contribution in [2.45, 2.75) is 27.7 Å². The van der Waals surface area contributed by atoms with Crippen LogP contribution in [0.2, 0.25) is 0 Å². The largest absolute Gasteiger partial charge is 0.300 e. The second-order valence-electron chi connectivity index (χ2n) is 1.93.